The van der Waals surface area contributed by atoms with E-state index in [9.17, 15) is 4.79 Å². The zero-order valence-electron chi connectivity index (χ0n) is 19.2. The Morgan fingerprint density at radius 2 is 1.71 bits per heavy atom. The predicted molar refractivity (Wildman–Crippen MR) is 137 cm³/mol. The molecule has 0 spiro atoms. The van der Waals surface area contributed by atoms with Crippen molar-refractivity contribution in [2.24, 2.45) is 5.10 Å². The normalized spacial score (nSPS) is 11.0. The van der Waals surface area contributed by atoms with E-state index in [0.29, 0.717) is 18.1 Å². The van der Waals surface area contributed by atoms with Gasteiger partial charge in [0.05, 0.1) is 12.6 Å². The summed E-state index contributed by atoms with van der Waals surface area (Å²) < 4.78 is 8.04. The molecule has 3 aromatic carbocycles. The molecule has 0 radical (unpaired) electrons. The number of amides is 1. The number of aryl methyl sites for hydroxylation is 1. The standard InChI is InChI=1S/C28H26ClN3O2/c1-20-16-24(18-30-31-28(33)17-22-8-4-3-5-9-22)21(2)32(20)25-12-14-26(15-13-25)34-19-23-10-6-7-11-27(23)29/h3-16,18H,17,19H2,1-2H3,(H,31,33)/b30-18+. The van der Waals surface area contributed by atoms with Gasteiger partial charge in [-0.25, -0.2) is 5.43 Å². The SMILES string of the molecule is Cc1cc(/C=N/NC(=O)Cc2ccccc2)c(C)n1-c1ccc(OCc2ccccc2Cl)cc1. The van der Waals surface area contributed by atoms with E-state index in [1.54, 1.807) is 6.21 Å². The number of halogens is 1. The molecule has 0 unspecified atom stereocenters. The average Bonchev–Trinajstić information content (AvgIpc) is 3.12. The van der Waals surface area contributed by atoms with Gasteiger partial charge in [-0.15, -0.1) is 0 Å². The van der Waals surface area contributed by atoms with Gasteiger partial charge in [0.2, 0.25) is 5.91 Å². The van der Waals surface area contributed by atoms with Crippen molar-refractivity contribution in [1.29, 1.82) is 0 Å². The van der Waals surface area contributed by atoms with E-state index in [0.717, 1.165) is 39.5 Å². The number of hydrazone groups is 1. The van der Waals surface area contributed by atoms with Crippen LogP contribution in [0.1, 0.15) is 28.1 Å². The molecule has 0 aliphatic carbocycles. The molecule has 0 saturated carbocycles. The second-order valence-electron chi connectivity index (χ2n) is 7.99. The van der Waals surface area contributed by atoms with Crippen LogP contribution in [0.15, 0.2) is 90.0 Å². The van der Waals surface area contributed by atoms with E-state index in [4.69, 9.17) is 16.3 Å². The Hall–Kier alpha value is -3.83. The van der Waals surface area contributed by atoms with Crippen LogP contribution in [0.5, 0.6) is 5.75 Å². The van der Waals surface area contributed by atoms with Crippen LogP contribution in [-0.2, 0) is 17.8 Å². The summed E-state index contributed by atoms with van der Waals surface area (Å²) in [6, 6.07) is 27.2. The molecule has 1 N–H and O–H groups in total. The highest BCUT2D eigenvalue weighted by atomic mass is 35.5. The molecular formula is C28H26ClN3O2. The topological polar surface area (TPSA) is 55.6 Å². The van der Waals surface area contributed by atoms with E-state index >= 15 is 0 Å². The van der Waals surface area contributed by atoms with Crippen LogP contribution in [0, 0.1) is 13.8 Å². The minimum Gasteiger partial charge on any atom is -0.489 e. The molecule has 5 nitrogen and oxygen atoms in total. The maximum atomic E-state index is 12.1. The number of ether oxygens (including phenoxy) is 1. The summed E-state index contributed by atoms with van der Waals surface area (Å²) in [6.07, 6.45) is 1.98. The molecule has 1 heterocycles. The Kier molecular flexibility index (Phi) is 7.45. The minimum atomic E-state index is -0.149. The van der Waals surface area contributed by atoms with E-state index in [2.05, 4.69) is 15.1 Å². The first kappa shape index (κ1) is 23.3. The van der Waals surface area contributed by atoms with Gasteiger partial charge < -0.3 is 9.30 Å². The third-order valence-corrected chi connectivity index (χ3v) is 5.89. The van der Waals surface area contributed by atoms with Crippen LogP contribution in [-0.4, -0.2) is 16.7 Å². The Bertz CT molecular complexity index is 1300. The fourth-order valence-corrected chi connectivity index (χ4v) is 3.97. The Labute approximate surface area is 204 Å². The van der Waals surface area contributed by atoms with Crippen LogP contribution in [0.4, 0.5) is 0 Å². The van der Waals surface area contributed by atoms with E-state index in [1.807, 2.05) is 98.8 Å². The first-order valence-electron chi connectivity index (χ1n) is 11.0. The van der Waals surface area contributed by atoms with Gasteiger partial charge in [-0.05, 0) is 55.8 Å². The summed E-state index contributed by atoms with van der Waals surface area (Å²) >= 11 is 6.21. The van der Waals surface area contributed by atoms with Crippen molar-refractivity contribution < 1.29 is 9.53 Å². The zero-order valence-corrected chi connectivity index (χ0v) is 19.9. The fraction of sp³-hybridized carbons (Fsp3) is 0.143. The lowest BCUT2D eigenvalue weighted by molar-refractivity contribution is -0.120. The number of hydrogen-bond acceptors (Lipinski definition) is 3. The Morgan fingerprint density at radius 1 is 1.00 bits per heavy atom. The molecule has 0 bridgehead atoms. The van der Waals surface area contributed by atoms with E-state index in [-0.39, 0.29) is 5.91 Å². The highest BCUT2D eigenvalue weighted by Crippen LogP contribution is 2.23. The summed E-state index contributed by atoms with van der Waals surface area (Å²) in [5.41, 5.74) is 8.57. The van der Waals surface area contributed by atoms with Crippen molar-refractivity contribution in [1.82, 2.24) is 9.99 Å². The molecule has 6 heteroatoms. The molecule has 34 heavy (non-hydrogen) atoms. The highest BCUT2D eigenvalue weighted by Gasteiger charge is 2.10. The van der Waals surface area contributed by atoms with Gasteiger partial charge in [-0.3, -0.25) is 4.79 Å². The maximum Gasteiger partial charge on any atom is 0.244 e. The average molecular weight is 472 g/mol. The van der Waals surface area contributed by atoms with Crippen molar-refractivity contribution in [3.8, 4) is 11.4 Å². The summed E-state index contributed by atoms with van der Waals surface area (Å²) in [6.45, 7) is 4.49. The number of aromatic nitrogens is 1. The minimum absolute atomic E-state index is 0.149. The molecular weight excluding hydrogens is 446 g/mol. The van der Waals surface area contributed by atoms with Gasteiger partial charge in [0.25, 0.3) is 0 Å². The highest BCUT2D eigenvalue weighted by molar-refractivity contribution is 6.31. The molecule has 0 atom stereocenters. The summed E-state index contributed by atoms with van der Waals surface area (Å²) in [4.78, 5) is 12.1. The molecule has 1 aromatic heterocycles. The van der Waals surface area contributed by atoms with Crippen molar-refractivity contribution in [3.05, 3.63) is 118 Å². The molecule has 4 rings (SSSR count). The van der Waals surface area contributed by atoms with Crippen molar-refractivity contribution >= 4 is 23.7 Å². The molecule has 0 fully saturated rings. The van der Waals surface area contributed by atoms with Gasteiger partial charge in [-0.2, -0.15) is 5.10 Å². The van der Waals surface area contributed by atoms with Gasteiger partial charge in [0.1, 0.15) is 12.4 Å². The van der Waals surface area contributed by atoms with E-state index in [1.165, 1.54) is 0 Å². The quantitative estimate of drug-likeness (QED) is 0.252. The Balaban J connectivity index is 1.40. The third-order valence-electron chi connectivity index (χ3n) is 5.52. The number of hydrogen-bond donors (Lipinski definition) is 1. The maximum absolute atomic E-state index is 12.1. The van der Waals surface area contributed by atoms with Crippen molar-refractivity contribution in [2.75, 3.05) is 0 Å². The summed E-state index contributed by atoms with van der Waals surface area (Å²) in [5.74, 6) is 0.623. The van der Waals surface area contributed by atoms with Crippen LogP contribution < -0.4 is 10.2 Å². The van der Waals surface area contributed by atoms with Crippen molar-refractivity contribution in [2.45, 2.75) is 26.9 Å². The van der Waals surface area contributed by atoms with Gasteiger partial charge in [0.15, 0.2) is 0 Å². The number of carbonyl (C=O) groups excluding carboxylic acids is 1. The van der Waals surface area contributed by atoms with Crippen LogP contribution in [0.25, 0.3) is 5.69 Å². The third kappa shape index (κ3) is 5.74. The van der Waals surface area contributed by atoms with Crippen LogP contribution in [0.3, 0.4) is 0 Å². The summed E-state index contributed by atoms with van der Waals surface area (Å²) in [7, 11) is 0. The van der Waals surface area contributed by atoms with Gasteiger partial charge >= 0.3 is 0 Å². The second-order valence-corrected chi connectivity index (χ2v) is 8.40. The molecule has 0 aliphatic rings. The van der Waals surface area contributed by atoms with Crippen LogP contribution >= 0.6 is 11.6 Å². The number of carbonyl (C=O) groups is 1. The molecule has 1 amide bonds. The molecule has 172 valence electrons. The van der Waals surface area contributed by atoms with Gasteiger partial charge in [0, 0.05) is 33.2 Å². The van der Waals surface area contributed by atoms with Gasteiger partial charge in [-0.1, -0.05) is 60.1 Å². The monoisotopic (exact) mass is 471 g/mol. The first-order valence-corrected chi connectivity index (χ1v) is 11.4. The Morgan fingerprint density at radius 3 is 2.44 bits per heavy atom. The van der Waals surface area contributed by atoms with Crippen LogP contribution in [0.2, 0.25) is 5.02 Å². The molecule has 0 aliphatic heterocycles. The predicted octanol–water partition coefficient (Wildman–Crippen LogP) is 6.02. The lowest BCUT2D eigenvalue weighted by Gasteiger charge is -2.12. The fourth-order valence-electron chi connectivity index (χ4n) is 3.78. The smallest absolute Gasteiger partial charge is 0.244 e. The molecule has 4 aromatic rings. The lowest BCUT2D eigenvalue weighted by atomic mass is 10.1. The zero-order chi connectivity index (χ0) is 23.9. The van der Waals surface area contributed by atoms with E-state index < -0.39 is 0 Å². The second kappa shape index (κ2) is 10.9. The first-order chi connectivity index (χ1) is 16.5. The molecule has 0 saturated heterocycles. The van der Waals surface area contributed by atoms with Crippen molar-refractivity contribution in [3.63, 3.8) is 0 Å². The number of benzene rings is 3. The number of nitrogens with one attached hydrogen (secondary N) is 1. The number of nitrogens with zero attached hydrogens (tertiary/aromatic N) is 2. The largest absolute Gasteiger partial charge is 0.489 e. The lowest BCUT2D eigenvalue weighted by Crippen LogP contribution is -2.19. The summed E-state index contributed by atoms with van der Waals surface area (Å²) in [5, 5.41) is 4.85. The number of rotatable bonds is 8.